The van der Waals surface area contributed by atoms with Gasteiger partial charge in [-0.1, -0.05) is 172 Å². The van der Waals surface area contributed by atoms with Gasteiger partial charge in [0.2, 0.25) is 0 Å². The van der Waals surface area contributed by atoms with Crippen LogP contribution in [0.3, 0.4) is 0 Å². The quantitative estimate of drug-likeness (QED) is 0.149. The van der Waals surface area contributed by atoms with Crippen LogP contribution < -0.4 is 9.80 Å². The number of hydrogen-bond acceptors (Lipinski definition) is 3. The number of para-hydroxylation sites is 2. The van der Waals surface area contributed by atoms with E-state index >= 15 is 0 Å². The van der Waals surface area contributed by atoms with E-state index in [0.717, 1.165) is 50.7 Å². The van der Waals surface area contributed by atoms with Gasteiger partial charge in [-0.25, -0.2) is 0 Å². The van der Waals surface area contributed by atoms with Crippen LogP contribution in [0, 0.1) is 0 Å². The highest BCUT2D eigenvalue weighted by molar-refractivity contribution is 6.29. The van der Waals surface area contributed by atoms with Gasteiger partial charge in [-0.05, 0) is 115 Å². The zero-order chi connectivity index (χ0) is 43.7. The zero-order valence-electron chi connectivity index (χ0n) is 36.6. The van der Waals surface area contributed by atoms with E-state index in [-0.39, 0.29) is 5.41 Å². The molecule has 13 aromatic rings. The molecule has 0 spiro atoms. The maximum absolute atomic E-state index is 6.72. The molecule has 3 nitrogen and oxygen atoms in total. The van der Waals surface area contributed by atoms with Crippen LogP contribution in [0.15, 0.2) is 223 Å². The molecule has 3 heteroatoms. The Morgan fingerprint density at radius 1 is 0.333 bits per heavy atom. The first kappa shape index (κ1) is 37.0. The first-order valence-corrected chi connectivity index (χ1v) is 22.9. The molecule has 0 atom stereocenters. The van der Waals surface area contributed by atoms with Crippen LogP contribution in [0.2, 0.25) is 0 Å². The molecule has 310 valence electrons. The summed E-state index contributed by atoms with van der Waals surface area (Å²) in [7, 11) is 0. The molecular weight excluding hydrogens is 801 g/mol. The number of rotatable bonds is 7. The summed E-state index contributed by atoms with van der Waals surface area (Å²) in [5, 5.41) is 12.1. The van der Waals surface area contributed by atoms with Crippen molar-refractivity contribution in [2.75, 3.05) is 9.80 Å². The highest BCUT2D eigenvalue weighted by Gasteiger charge is 2.36. The van der Waals surface area contributed by atoms with Gasteiger partial charge >= 0.3 is 0 Å². The summed E-state index contributed by atoms with van der Waals surface area (Å²) in [6, 6.07) is 80.3. The van der Waals surface area contributed by atoms with Crippen molar-refractivity contribution in [3.63, 3.8) is 0 Å². The third-order valence-electron chi connectivity index (χ3n) is 14.5. The Kier molecular flexibility index (Phi) is 7.74. The van der Waals surface area contributed by atoms with Crippen LogP contribution in [-0.2, 0) is 5.41 Å². The predicted octanol–water partition coefficient (Wildman–Crippen LogP) is 18.0. The Hall–Kier alpha value is -8.40. The van der Waals surface area contributed by atoms with Gasteiger partial charge in [0, 0.05) is 50.0 Å². The molecule has 0 aliphatic heterocycles. The lowest BCUT2D eigenvalue weighted by Crippen LogP contribution is -2.16. The van der Waals surface area contributed by atoms with E-state index in [9.17, 15) is 0 Å². The van der Waals surface area contributed by atoms with Gasteiger partial charge < -0.3 is 14.2 Å². The Balaban J connectivity index is 1.03. The average molecular weight is 843 g/mol. The van der Waals surface area contributed by atoms with E-state index < -0.39 is 0 Å². The zero-order valence-corrected chi connectivity index (χ0v) is 36.6. The molecule has 66 heavy (non-hydrogen) atoms. The van der Waals surface area contributed by atoms with Crippen molar-refractivity contribution in [2.24, 2.45) is 0 Å². The van der Waals surface area contributed by atoms with E-state index in [1.807, 2.05) is 0 Å². The smallest absolute Gasteiger partial charge is 0.138 e. The number of hydrogen-bond donors (Lipinski definition) is 0. The monoisotopic (exact) mass is 842 g/mol. The van der Waals surface area contributed by atoms with E-state index in [1.165, 1.54) is 81.9 Å². The van der Waals surface area contributed by atoms with Crippen molar-refractivity contribution in [3.05, 3.63) is 230 Å². The van der Waals surface area contributed by atoms with Gasteiger partial charge in [-0.15, -0.1) is 0 Å². The standard InChI is InChI=1S/C63H42N2O/c1-63(2)52-21-11-9-20-48(52)49-33-30-45(37-53(49)63)64(46-36-43-25-24-40-16-13-23-57-61(40)62(43)58(38-46)66-57)55-34-28-41-27-32-51-56(35-29-42-26-31-50(55)59(41)60(42)51)65(44-17-7-4-8-18-44)54-22-12-10-19-47(54)39-14-5-3-6-15-39/h3-38H,1-2H3. The lowest BCUT2D eigenvalue weighted by Gasteiger charge is -2.31. The number of anilines is 6. The number of benzene rings is 12. The van der Waals surface area contributed by atoms with E-state index in [2.05, 4.69) is 242 Å². The highest BCUT2D eigenvalue weighted by Crippen LogP contribution is 2.53. The number of furan rings is 1. The average Bonchev–Trinajstić information content (AvgIpc) is 3.86. The Morgan fingerprint density at radius 2 is 0.924 bits per heavy atom. The normalized spacial score (nSPS) is 13.1. The molecule has 1 aromatic heterocycles. The van der Waals surface area contributed by atoms with Gasteiger partial charge in [0.05, 0.1) is 22.7 Å². The van der Waals surface area contributed by atoms with Gasteiger partial charge in [0.25, 0.3) is 0 Å². The number of fused-ring (bicyclic) bond motifs is 3. The van der Waals surface area contributed by atoms with Crippen LogP contribution in [0.4, 0.5) is 34.1 Å². The van der Waals surface area contributed by atoms with E-state index in [1.54, 1.807) is 0 Å². The van der Waals surface area contributed by atoms with Crippen LogP contribution >= 0.6 is 0 Å². The van der Waals surface area contributed by atoms with Crippen LogP contribution in [0.25, 0.3) is 87.3 Å². The highest BCUT2D eigenvalue weighted by atomic mass is 16.3. The van der Waals surface area contributed by atoms with Crippen molar-refractivity contribution in [1.29, 1.82) is 0 Å². The molecule has 0 unspecified atom stereocenters. The summed E-state index contributed by atoms with van der Waals surface area (Å²) in [4.78, 5) is 4.92. The lowest BCUT2D eigenvalue weighted by molar-refractivity contribution is 0.660. The first-order chi connectivity index (χ1) is 32.5. The third kappa shape index (κ3) is 5.26. The topological polar surface area (TPSA) is 19.6 Å². The second-order valence-corrected chi connectivity index (χ2v) is 18.4. The molecule has 1 aliphatic carbocycles. The van der Waals surface area contributed by atoms with Crippen molar-refractivity contribution in [1.82, 2.24) is 0 Å². The molecule has 0 saturated heterocycles. The summed E-state index contributed by atoms with van der Waals surface area (Å²) in [6.07, 6.45) is 0. The maximum atomic E-state index is 6.72. The molecule has 1 aliphatic rings. The second kappa shape index (κ2) is 13.8. The molecule has 0 amide bonds. The van der Waals surface area contributed by atoms with Gasteiger partial charge in [-0.3, -0.25) is 0 Å². The number of nitrogens with zero attached hydrogens (tertiary/aromatic N) is 2. The van der Waals surface area contributed by atoms with Gasteiger partial charge in [0.1, 0.15) is 11.2 Å². The van der Waals surface area contributed by atoms with Crippen LogP contribution in [-0.4, -0.2) is 0 Å². The summed E-state index contributed by atoms with van der Waals surface area (Å²) >= 11 is 0. The Morgan fingerprint density at radius 3 is 1.70 bits per heavy atom. The molecule has 0 bridgehead atoms. The lowest BCUT2D eigenvalue weighted by atomic mass is 9.82. The van der Waals surface area contributed by atoms with Crippen molar-refractivity contribution >= 4 is 99.2 Å². The van der Waals surface area contributed by atoms with Crippen molar-refractivity contribution in [2.45, 2.75) is 19.3 Å². The summed E-state index contributed by atoms with van der Waals surface area (Å²) in [6.45, 7) is 4.73. The molecule has 0 fully saturated rings. The molecule has 0 N–H and O–H groups in total. The molecule has 14 rings (SSSR count). The maximum Gasteiger partial charge on any atom is 0.138 e. The minimum atomic E-state index is -0.162. The van der Waals surface area contributed by atoms with Crippen LogP contribution in [0.5, 0.6) is 0 Å². The SMILES string of the molecule is CC1(C)c2ccccc2-c2ccc(N(c3cc4ccc5cccc6oc(c3)c4c56)c3ccc4ccc5c(N(c6ccccc6)c6ccccc6-c6ccccc6)ccc6ccc3c4c65)cc21. The molecular formula is C63H42N2O. The minimum Gasteiger partial charge on any atom is -0.456 e. The summed E-state index contributed by atoms with van der Waals surface area (Å²) < 4.78 is 6.72. The fraction of sp³-hybridized carbons (Fsp3) is 0.0476. The Labute approximate surface area is 382 Å². The van der Waals surface area contributed by atoms with E-state index in [4.69, 9.17) is 4.42 Å². The molecule has 0 saturated carbocycles. The molecule has 0 radical (unpaired) electrons. The van der Waals surface area contributed by atoms with Gasteiger partial charge in [0.15, 0.2) is 0 Å². The molecule has 1 heterocycles. The fourth-order valence-electron chi connectivity index (χ4n) is 11.5. The summed E-state index contributed by atoms with van der Waals surface area (Å²) in [5.41, 5.74) is 16.0. The summed E-state index contributed by atoms with van der Waals surface area (Å²) in [5.74, 6) is 0. The molecule has 12 aromatic carbocycles. The van der Waals surface area contributed by atoms with Crippen molar-refractivity contribution in [3.8, 4) is 22.3 Å². The van der Waals surface area contributed by atoms with Crippen LogP contribution in [0.1, 0.15) is 25.0 Å². The van der Waals surface area contributed by atoms with Crippen molar-refractivity contribution < 1.29 is 4.42 Å². The predicted molar refractivity (Wildman–Crippen MR) is 278 cm³/mol. The second-order valence-electron chi connectivity index (χ2n) is 18.4. The largest absolute Gasteiger partial charge is 0.456 e. The van der Waals surface area contributed by atoms with Gasteiger partial charge in [-0.2, -0.15) is 0 Å². The van der Waals surface area contributed by atoms with E-state index in [0.29, 0.717) is 0 Å². The minimum absolute atomic E-state index is 0.162. The fourth-order valence-corrected chi connectivity index (χ4v) is 11.5. The third-order valence-corrected chi connectivity index (χ3v) is 14.5. The first-order valence-electron chi connectivity index (χ1n) is 22.9. The Bertz CT molecular complexity index is 4030.